The van der Waals surface area contributed by atoms with Gasteiger partial charge in [0.25, 0.3) is 5.91 Å². The maximum atomic E-state index is 13.0. The van der Waals surface area contributed by atoms with Crippen molar-refractivity contribution in [2.45, 2.75) is 51.4 Å². The Labute approximate surface area is 155 Å². The van der Waals surface area contributed by atoms with Gasteiger partial charge in [-0.1, -0.05) is 6.07 Å². The molecule has 0 spiro atoms. The fourth-order valence-electron chi connectivity index (χ4n) is 3.60. The third kappa shape index (κ3) is 3.85. The molecule has 1 aromatic heterocycles. The van der Waals surface area contributed by atoms with Crippen molar-refractivity contribution in [1.82, 2.24) is 14.7 Å². The van der Waals surface area contributed by atoms with Crippen molar-refractivity contribution in [3.05, 3.63) is 47.3 Å². The van der Waals surface area contributed by atoms with Gasteiger partial charge < -0.3 is 10.6 Å². The Hall–Kier alpha value is -2.35. The summed E-state index contributed by atoms with van der Waals surface area (Å²) in [4.78, 5) is 14.8. The number of piperidine rings is 1. The van der Waals surface area contributed by atoms with Crippen LogP contribution in [0.1, 0.15) is 47.8 Å². The van der Waals surface area contributed by atoms with Crippen LogP contribution in [0.2, 0.25) is 0 Å². The molecule has 146 valence electrons. The number of nitrogens with two attached hydrogens (primary N) is 1. The van der Waals surface area contributed by atoms with Crippen molar-refractivity contribution in [2.75, 3.05) is 6.54 Å². The van der Waals surface area contributed by atoms with E-state index in [0.29, 0.717) is 17.8 Å². The number of hydrogen-bond acceptors (Lipinski definition) is 3. The van der Waals surface area contributed by atoms with Crippen LogP contribution >= 0.6 is 0 Å². The molecule has 27 heavy (non-hydrogen) atoms. The van der Waals surface area contributed by atoms with E-state index in [-0.39, 0.29) is 23.7 Å². The Balaban J connectivity index is 1.92. The lowest BCUT2D eigenvalue weighted by Gasteiger charge is -2.38. The van der Waals surface area contributed by atoms with E-state index in [2.05, 4.69) is 5.10 Å². The van der Waals surface area contributed by atoms with E-state index in [1.807, 2.05) is 6.92 Å². The summed E-state index contributed by atoms with van der Waals surface area (Å²) >= 11 is 0. The van der Waals surface area contributed by atoms with Crippen molar-refractivity contribution in [3.8, 4) is 5.69 Å². The van der Waals surface area contributed by atoms with Crippen molar-refractivity contribution in [3.63, 3.8) is 0 Å². The summed E-state index contributed by atoms with van der Waals surface area (Å²) in [6.45, 7) is 4.19. The maximum Gasteiger partial charge on any atom is 0.416 e. The second-order valence-electron chi connectivity index (χ2n) is 7.02. The average Bonchev–Trinajstić information content (AvgIpc) is 3.02. The number of amides is 1. The van der Waals surface area contributed by atoms with Crippen LogP contribution in [0.15, 0.2) is 30.5 Å². The number of carbonyl (C=O) groups excluding carboxylic acids is 1. The molecular formula is C19H23F3N4O. The van der Waals surface area contributed by atoms with E-state index < -0.39 is 11.7 Å². The zero-order chi connectivity index (χ0) is 19.8. The van der Waals surface area contributed by atoms with Crippen LogP contribution in [0.3, 0.4) is 0 Å². The summed E-state index contributed by atoms with van der Waals surface area (Å²) in [5.74, 6) is -0.173. The van der Waals surface area contributed by atoms with Crippen molar-refractivity contribution in [2.24, 2.45) is 5.73 Å². The van der Waals surface area contributed by atoms with Crippen LogP contribution in [0.25, 0.3) is 5.69 Å². The Bertz CT molecular complexity index is 829. The Kier molecular flexibility index (Phi) is 5.28. The van der Waals surface area contributed by atoms with Crippen LogP contribution in [0.4, 0.5) is 13.2 Å². The van der Waals surface area contributed by atoms with E-state index in [4.69, 9.17) is 5.73 Å². The lowest BCUT2D eigenvalue weighted by molar-refractivity contribution is -0.137. The predicted octanol–water partition coefficient (Wildman–Crippen LogP) is 3.54. The minimum absolute atomic E-state index is 0.0393. The summed E-state index contributed by atoms with van der Waals surface area (Å²) in [5, 5.41) is 4.17. The molecule has 2 N–H and O–H groups in total. The largest absolute Gasteiger partial charge is 0.416 e. The molecule has 2 heterocycles. The zero-order valence-corrected chi connectivity index (χ0v) is 15.3. The van der Waals surface area contributed by atoms with Crippen LogP contribution in [0.5, 0.6) is 0 Å². The predicted molar refractivity (Wildman–Crippen MR) is 95.6 cm³/mol. The van der Waals surface area contributed by atoms with Crippen LogP contribution in [0, 0.1) is 6.92 Å². The molecule has 1 amide bonds. The van der Waals surface area contributed by atoms with Gasteiger partial charge in [0, 0.05) is 18.6 Å². The molecule has 3 rings (SSSR count). The van der Waals surface area contributed by atoms with Gasteiger partial charge in [0.15, 0.2) is 0 Å². The molecule has 1 fully saturated rings. The highest BCUT2D eigenvalue weighted by atomic mass is 19.4. The van der Waals surface area contributed by atoms with Crippen LogP contribution < -0.4 is 5.73 Å². The molecule has 0 saturated carbocycles. The molecule has 0 bridgehead atoms. The molecule has 1 aromatic carbocycles. The highest BCUT2D eigenvalue weighted by Gasteiger charge is 2.33. The van der Waals surface area contributed by atoms with E-state index in [0.717, 1.165) is 31.4 Å². The summed E-state index contributed by atoms with van der Waals surface area (Å²) in [7, 11) is 0. The van der Waals surface area contributed by atoms with E-state index in [1.165, 1.54) is 23.0 Å². The third-order valence-electron chi connectivity index (χ3n) is 5.08. The van der Waals surface area contributed by atoms with Gasteiger partial charge in [0.05, 0.1) is 28.7 Å². The second-order valence-corrected chi connectivity index (χ2v) is 7.02. The maximum absolute atomic E-state index is 13.0. The molecule has 2 aromatic rings. The monoisotopic (exact) mass is 380 g/mol. The summed E-state index contributed by atoms with van der Waals surface area (Å²) in [6, 6.07) is 4.72. The standard InChI is InChI=1S/C19H23F3N4O/c1-12(23)17-8-3-4-9-25(17)18(27)16-11-24-26(13(16)2)15-7-5-6-14(10-15)19(20,21)22/h5-7,10-12,17H,3-4,8-9,23H2,1-2H3. The van der Waals surface area contributed by atoms with Crippen molar-refractivity contribution in [1.29, 1.82) is 0 Å². The Morgan fingerprint density at radius 3 is 2.74 bits per heavy atom. The van der Waals surface area contributed by atoms with E-state index in [1.54, 1.807) is 11.8 Å². The number of rotatable bonds is 3. The number of alkyl halides is 3. The summed E-state index contributed by atoms with van der Waals surface area (Å²) < 4.78 is 40.3. The molecule has 5 nitrogen and oxygen atoms in total. The number of aromatic nitrogens is 2. The fraction of sp³-hybridized carbons (Fsp3) is 0.474. The minimum atomic E-state index is -4.44. The second kappa shape index (κ2) is 7.34. The van der Waals surface area contributed by atoms with Gasteiger partial charge in [-0.25, -0.2) is 4.68 Å². The number of nitrogens with zero attached hydrogens (tertiary/aromatic N) is 3. The normalized spacial score (nSPS) is 19.2. The summed E-state index contributed by atoms with van der Waals surface area (Å²) in [6.07, 6.45) is -0.225. The molecule has 1 saturated heterocycles. The topological polar surface area (TPSA) is 64.2 Å². The average molecular weight is 380 g/mol. The molecular weight excluding hydrogens is 357 g/mol. The van der Waals surface area contributed by atoms with Gasteiger partial charge in [0.2, 0.25) is 0 Å². The SMILES string of the molecule is Cc1c(C(=O)N2CCCCC2C(C)N)cnn1-c1cccc(C(F)(F)F)c1. The first-order valence-electron chi connectivity index (χ1n) is 8.99. The smallest absolute Gasteiger partial charge is 0.334 e. The quantitative estimate of drug-likeness (QED) is 0.886. The lowest BCUT2D eigenvalue weighted by atomic mass is 9.96. The van der Waals surface area contributed by atoms with Crippen molar-refractivity contribution >= 4 is 5.91 Å². The van der Waals surface area contributed by atoms with Crippen molar-refractivity contribution < 1.29 is 18.0 Å². The Morgan fingerprint density at radius 1 is 1.33 bits per heavy atom. The molecule has 2 unspecified atom stereocenters. The number of carbonyl (C=O) groups is 1. The first kappa shape index (κ1) is 19.4. The summed E-state index contributed by atoms with van der Waals surface area (Å²) in [5.41, 5.74) is 6.45. The molecule has 1 aliphatic rings. The first-order chi connectivity index (χ1) is 12.7. The third-order valence-corrected chi connectivity index (χ3v) is 5.08. The number of benzene rings is 1. The van der Waals surface area contributed by atoms with E-state index in [9.17, 15) is 18.0 Å². The molecule has 8 heteroatoms. The number of likely N-dealkylation sites (tertiary alicyclic amines) is 1. The Morgan fingerprint density at radius 2 is 2.07 bits per heavy atom. The van der Waals surface area contributed by atoms with Gasteiger partial charge in [-0.15, -0.1) is 0 Å². The molecule has 0 aliphatic carbocycles. The van der Waals surface area contributed by atoms with Gasteiger partial charge in [-0.3, -0.25) is 4.79 Å². The highest BCUT2D eigenvalue weighted by molar-refractivity contribution is 5.95. The number of hydrogen-bond donors (Lipinski definition) is 1. The lowest BCUT2D eigenvalue weighted by Crippen LogP contribution is -2.51. The van der Waals surface area contributed by atoms with Gasteiger partial charge in [-0.2, -0.15) is 18.3 Å². The van der Waals surface area contributed by atoms with Crippen LogP contribution in [-0.2, 0) is 6.18 Å². The first-order valence-corrected chi connectivity index (χ1v) is 8.99. The zero-order valence-electron chi connectivity index (χ0n) is 15.3. The molecule has 0 radical (unpaired) electrons. The highest BCUT2D eigenvalue weighted by Crippen LogP contribution is 2.31. The van der Waals surface area contributed by atoms with E-state index >= 15 is 0 Å². The number of halogens is 3. The van der Waals surface area contributed by atoms with Gasteiger partial charge in [0.1, 0.15) is 0 Å². The fourth-order valence-corrected chi connectivity index (χ4v) is 3.60. The molecule has 1 aliphatic heterocycles. The van der Waals surface area contributed by atoms with Crippen LogP contribution in [-0.4, -0.2) is 39.2 Å². The van der Waals surface area contributed by atoms with Gasteiger partial charge >= 0.3 is 6.18 Å². The minimum Gasteiger partial charge on any atom is -0.334 e. The molecule has 2 atom stereocenters. The van der Waals surface area contributed by atoms with Gasteiger partial charge in [-0.05, 0) is 51.3 Å².